The first-order valence-electron chi connectivity index (χ1n) is 6.83. The summed E-state index contributed by atoms with van der Waals surface area (Å²) in [6.45, 7) is 5.30. The first-order valence-corrected chi connectivity index (χ1v) is 8.50. The summed E-state index contributed by atoms with van der Waals surface area (Å²) in [5.74, 6) is -0.209. The monoisotopic (exact) mass is 355 g/mol. The van der Waals surface area contributed by atoms with Crippen molar-refractivity contribution >= 4 is 27.3 Å². The largest absolute Gasteiger partial charge is 0.309 e. The highest BCUT2D eigenvalue weighted by atomic mass is 79.9. The Morgan fingerprint density at radius 3 is 2.75 bits per heavy atom. The fourth-order valence-electron chi connectivity index (χ4n) is 2.22. The van der Waals surface area contributed by atoms with Crippen molar-refractivity contribution in [1.29, 1.82) is 0 Å². The van der Waals surface area contributed by atoms with Gasteiger partial charge in [0.25, 0.3) is 0 Å². The molecule has 1 aromatic heterocycles. The van der Waals surface area contributed by atoms with Crippen molar-refractivity contribution in [2.75, 3.05) is 6.54 Å². The molecule has 4 heteroatoms. The Morgan fingerprint density at radius 1 is 1.35 bits per heavy atom. The minimum atomic E-state index is -0.209. The zero-order chi connectivity index (χ0) is 14.5. The van der Waals surface area contributed by atoms with Crippen molar-refractivity contribution in [3.05, 3.63) is 55.9 Å². The number of aryl methyl sites for hydroxylation is 1. The van der Waals surface area contributed by atoms with Gasteiger partial charge in [-0.1, -0.05) is 13.0 Å². The minimum absolute atomic E-state index is 0.209. The summed E-state index contributed by atoms with van der Waals surface area (Å²) in [5, 5.41) is 5.73. The summed E-state index contributed by atoms with van der Waals surface area (Å²) in [5.41, 5.74) is 2.46. The second kappa shape index (κ2) is 7.34. The van der Waals surface area contributed by atoms with Gasteiger partial charge in [0, 0.05) is 10.9 Å². The van der Waals surface area contributed by atoms with E-state index in [1.165, 1.54) is 16.5 Å². The van der Waals surface area contributed by atoms with Crippen molar-refractivity contribution in [2.24, 2.45) is 0 Å². The summed E-state index contributed by atoms with van der Waals surface area (Å²) in [6, 6.07) is 7.72. The molecule has 1 heterocycles. The molecule has 2 aromatic rings. The van der Waals surface area contributed by atoms with Crippen LogP contribution < -0.4 is 5.32 Å². The number of hydrogen-bond donors (Lipinski definition) is 1. The molecule has 0 saturated carbocycles. The van der Waals surface area contributed by atoms with Crippen LogP contribution >= 0.6 is 27.3 Å². The van der Waals surface area contributed by atoms with Gasteiger partial charge < -0.3 is 5.32 Å². The maximum Gasteiger partial charge on any atom is 0.137 e. The van der Waals surface area contributed by atoms with E-state index in [0.717, 1.165) is 24.9 Å². The fourth-order valence-corrected chi connectivity index (χ4v) is 3.65. The molecule has 108 valence electrons. The van der Waals surface area contributed by atoms with Gasteiger partial charge in [0.2, 0.25) is 0 Å². The van der Waals surface area contributed by atoms with Crippen LogP contribution in [0, 0.1) is 12.7 Å². The normalized spacial score (nSPS) is 12.6. The highest BCUT2D eigenvalue weighted by molar-refractivity contribution is 9.10. The number of halogens is 2. The second-order valence-corrected chi connectivity index (χ2v) is 6.73. The molecule has 0 aliphatic carbocycles. The Morgan fingerprint density at radius 2 is 2.15 bits per heavy atom. The van der Waals surface area contributed by atoms with Crippen LogP contribution in [0.4, 0.5) is 4.39 Å². The van der Waals surface area contributed by atoms with Crippen LogP contribution in [0.15, 0.2) is 34.1 Å². The van der Waals surface area contributed by atoms with Crippen molar-refractivity contribution in [3.63, 3.8) is 0 Å². The van der Waals surface area contributed by atoms with E-state index in [1.54, 1.807) is 11.3 Å². The van der Waals surface area contributed by atoms with Gasteiger partial charge in [-0.15, -0.1) is 11.3 Å². The molecule has 1 nitrogen and oxygen atoms in total. The van der Waals surface area contributed by atoms with Gasteiger partial charge in [-0.25, -0.2) is 4.39 Å². The van der Waals surface area contributed by atoms with E-state index in [9.17, 15) is 4.39 Å². The summed E-state index contributed by atoms with van der Waals surface area (Å²) in [6.07, 6.45) is 1.98. The average Bonchev–Trinajstić information content (AvgIpc) is 2.85. The molecule has 0 fully saturated rings. The van der Waals surface area contributed by atoms with E-state index in [-0.39, 0.29) is 5.82 Å². The molecule has 20 heavy (non-hydrogen) atoms. The van der Waals surface area contributed by atoms with Crippen LogP contribution in [0.3, 0.4) is 0 Å². The lowest BCUT2D eigenvalue weighted by atomic mass is 10.0. The van der Waals surface area contributed by atoms with Crippen LogP contribution in [0.1, 0.15) is 35.4 Å². The Hall–Kier alpha value is -0.710. The van der Waals surface area contributed by atoms with Crippen molar-refractivity contribution in [2.45, 2.75) is 32.7 Å². The maximum atomic E-state index is 13.3. The molecule has 0 saturated heterocycles. The number of benzene rings is 1. The molecule has 0 spiro atoms. The standard InChI is InChI=1S/C16H19BrFNS/c1-3-7-19-15(16-11(2)6-8-20-16)10-12-4-5-14(18)13(17)9-12/h4-6,8-9,15,19H,3,7,10H2,1-2H3. The highest BCUT2D eigenvalue weighted by Gasteiger charge is 2.15. The lowest BCUT2D eigenvalue weighted by Crippen LogP contribution is -2.23. The topological polar surface area (TPSA) is 12.0 Å². The second-order valence-electron chi connectivity index (χ2n) is 4.93. The van der Waals surface area contributed by atoms with E-state index in [2.05, 4.69) is 46.5 Å². The molecule has 0 bridgehead atoms. The molecular formula is C16H19BrFNS. The van der Waals surface area contributed by atoms with Crippen molar-refractivity contribution in [3.8, 4) is 0 Å². The molecule has 1 N–H and O–H groups in total. The maximum absolute atomic E-state index is 13.3. The third-order valence-electron chi connectivity index (χ3n) is 3.28. The molecular weight excluding hydrogens is 337 g/mol. The van der Waals surface area contributed by atoms with E-state index in [0.29, 0.717) is 10.5 Å². The SMILES string of the molecule is CCCNC(Cc1ccc(F)c(Br)c1)c1sccc1C. The first-order chi connectivity index (χ1) is 9.61. The number of hydrogen-bond acceptors (Lipinski definition) is 2. The van der Waals surface area contributed by atoms with E-state index < -0.39 is 0 Å². The van der Waals surface area contributed by atoms with Crippen LogP contribution in [-0.4, -0.2) is 6.54 Å². The predicted octanol–water partition coefficient (Wildman–Crippen LogP) is 5.24. The summed E-state index contributed by atoms with van der Waals surface area (Å²) in [7, 11) is 0. The van der Waals surface area contributed by atoms with E-state index >= 15 is 0 Å². The Kier molecular flexibility index (Phi) is 5.75. The Bertz CT molecular complexity index is 567. The highest BCUT2D eigenvalue weighted by Crippen LogP contribution is 2.28. The predicted molar refractivity (Wildman–Crippen MR) is 87.9 cm³/mol. The molecule has 0 amide bonds. The van der Waals surface area contributed by atoms with Crippen molar-refractivity contribution in [1.82, 2.24) is 5.32 Å². The van der Waals surface area contributed by atoms with Crippen LogP contribution in [-0.2, 0) is 6.42 Å². The van der Waals surface area contributed by atoms with Crippen LogP contribution in [0.5, 0.6) is 0 Å². The number of rotatable bonds is 6. The van der Waals surface area contributed by atoms with Gasteiger partial charge in [0.1, 0.15) is 5.82 Å². The van der Waals surface area contributed by atoms with E-state index in [4.69, 9.17) is 0 Å². The van der Waals surface area contributed by atoms with Crippen LogP contribution in [0.2, 0.25) is 0 Å². The molecule has 1 unspecified atom stereocenters. The quantitative estimate of drug-likeness (QED) is 0.746. The van der Waals surface area contributed by atoms with Crippen molar-refractivity contribution < 1.29 is 4.39 Å². The molecule has 2 rings (SSSR count). The van der Waals surface area contributed by atoms with Gasteiger partial charge in [-0.2, -0.15) is 0 Å². The average molecular weight is 356 g/mol. The van der Waals surface area contributed by atoms with Crippen LogP contribution in [0.25, 0.3) is 0 Å². The smallest absolute Gasteiger partial charge is 0.137 e. The van der Waals surface area contributed by atoms with Gasteiger partial charge in [0.05, 0.1) is 4.47 Å². The van der Waals surface area contributed by atoms with E-state index in [1.807, 2.05) is 12.1 Å². The zero-order valence-electron chi connectivity index (χ0n) is 11.7. The molecule has 0 radical (unpaired) electrons. The summed E-state index contributed by atoms with van der Waals surface area (Å²) >= 11 is 5.05. The fraction of sp³-hybridized carbons (Fsp3) is 0.375. The third-order valence-corrected chi connectivity index (χ3v) is 5.02. The number of thiophene rings is 1. The molecule has 0 aliphatic heterocycles. The lowest BCUT2D eigenvalue weighted by Gasteiger charge is -2.19. The van der Waals surface area contributed by atoms with Gasteiger partial charge in [-0.05, 0) is 76.9 Å². The van der Waals surface area contributed by atoms with Gasteiger partial charge in [-0.3, -0.25) is 0 Å². The Balaban J connectivity index is 2.19. The molecule has 1 atom stereocenters. The van der Waals surface area contributed by atoms with Gasteiger partial charge >= 0.3 is 0 Å². The summed E-state index contributed by atoms with van der Waals surface area (Å²) in [4.78, 5) is 1.37. The lowest BCUT2D eigenvalue weighted by molar-refractivity contribution is 0.534. The zero-order valence-corrected chi connectivity index (χ0v) is 14.2. The molecule has 0 aliphatic rings. The molecule has 1 aromatic carbocycles. The first kappa shape index (κ1) is 15.7. The minimum Gasteiger partial charge on any atom is -0.309 e. The van der Waals surface area contributed by atoms with Gasteiger partial charge in [0.15, 0.2) is 0 Å². The summed E-state index contributed by atoms with van der Waals surface area (Å²) < 4.78 is 13.9. The number of nitrogens with one attached hydrogen (secondary N) is 1. The Labute approximate surface area is 132 Å². The third kappa shape index (κ3) is 3.90.